The molecule has 0 radical (unpaired) electrons. The summed E-state index contributed by atoms with van der Waals surface area (Å²) in [5.74, 6) is -0.635. The fourth-order valence-electron chi connectivity index (χ4n) is 1.81. The van der Waals surface area contributed by atoms with Gasteiger partial charge < -0.3 is 4.74 Å². The highest BCUT2D eigenvalue weighted by atomic mass is 35.5. The summed E-state index contributed by atoms with van der Waals surface area (Å²) in [5, 5.41) is 3.29. The number of esters is 1. The van der Waals surface area contributed by atoms with Gasteiger partial charge in [0, 0.05) is 0 Å². The first-order valence-corrected chi connectivity index (χ1v) is 5.87. The van der Waals surface area contributed by atoms with Crippen molar-refractivity contribution in [1.82, 2.24) is 9.78 Å². The van der Waals surface area contributed by atoms with E-state index in [2.05, 4.69) is 9.84 Å². The summed E-state index contributed by atoms with van der Waals surface area (Å²) in [5.41, 5.74) is 1.22. The summed E-state index contributed by atoms with van der Waals surface area (Å²) in [6, 6.07) is 9.14. The highest BCUT2D eigenvalue weighted by Crippen LogP contribution is 2.20. The summed E-state index contributed by atoms with van der Waals surface area (Å²) < 4.78 is 6.14. The van der Waals surface area contributed by atoms with Crippen LogP contribution in [0, 0.1) is 6.92 Å². The number of benzene rings is 1. The van der Waals surface area contributed by atoms with E-state index in [0.717, 1.165) is 5.69 Å². The molecule has 19 heavy (non-hydrogen) atoms. The van der Waals surface area contributed by atoms with Crippen LogP contribution >= 0.6 is 11.6 Å². The van der Waals surface area contributed by atoms with Crippen molar-refractivity contribution in [3.05, 3.63) is 47.3 Å². The minimum Gasteiger partial charge on any atom is -0.465 e. The molecule has 0 aliphatic carbocycles. The molecule has 5 nitrogen and oxygen atoms in total. The number of ether oxygens (including phenoxy) is 1. The number of carbonyl (C=O) groups excluding carboxylic acids is 2. The number of methoxy groups -OCH3 is 1. The second kappa shape index (κ2) is 5.24. The third-order valence-corrected chi connectivity index (χ3v) is 2.87. The summed E-state index contributed by atoms with van der Waals surface area (Å²) in [6.07, 6.45) is 0. The average molecular weight is 279 g/mol. The monoisotopic (exact) mass is 278 g/mol. The number of carbonyl (C=O) groups is 2. The first kappa shape index (κ1) is 13.3. The van der Waals surface area contributed by atoms with Crippen molar-refractivity contribution in [3.8, 4) is 5.69 Å². The summed E-state index contributed by atoms with van der Waals surface area (Å²) in [4.78, 5) is 23.1. The molecule has 0 amide bonds. The lowest BCUT2D eigenvalue weighted by Gasteiger charge is -2.04. The normalized spacial score (nSPS) is 10.3. The molecule has 2 rings (SSSR count). The molecule has 0 N–H and O–H groups in total. The van der Waals surface area contributed by atoms with Gasteiger partial charge in [0.25, 0.3) is 5.24 Å². The number of para-hydroxylation sites is 1. The number of aromatic nitrogens is 2. The van der Waals surface area contributed by atoms with Gasteiger partial charge in [-0.15, -0.1) is 0 Å². The van der Waals surface area contributed by atoms with Gasteiger partial charge in [0.2, 0.25) is 0 Å². The Kier molecular flexibility index (Phi) is 3.66. The van der Waals surface area contributed by atoms with E-state index in [1.807, 2.05) is 30.3 Å². The minimum absolute atomic E-state index is 0.0892. The Labute approximate surface area is 114 Å². The Morgan fingerprint density at radius 2 is 1.89 bits per heavy atom. The number of rotatable bonds is 3. The van der Waals surface area contributed by atoms with Gasteiger partial charge in [-0.3, -0.25) is 4.79 Å². The molecule has 0 atom stereocenters. The average Bonchev–Trinajstić information content (AvgIpc) is 2.77. The Morgan fingerprint density at radius 3 is 2.42 bits per heavy atom. The van der Waals surface area contributed by atoms with E-state index < -0.39 is 11.2 Å². The summed E-state index contributed by atoms with van der Waals surface area (Å²) in [7, 11) is 1.24. The van der Waals surface area contributed by atoms with Crippen molar-refractivity contribution >= 4 is 22.8 Å². The fraction of sp³-hybridized carbons (Fsp3) is 0.154. The molecule has 2 aromatic rings. The first-order chi connectivity index (χ1) is 9.06. The van der Waals surface area contributed by atoms with Gasteiger partial charge in [-0.2, -0.15) is 5.10 Å². The van der Waals surface area contributed by atoms with Gasteiger partial charge in [0.1, 0.15) is 5.56 Å². The van der Waals surface area contributed by atoms with E-state index in [9.17, 15) is 9.59 Å². The molecule has 0 fully saturated rings. The SMILES string of the molecule is COC(=O)c1c(C(=O)Cl)nn(-c2ccccc2)c1C. The highest BCUT2D eigenvalue weighted by molar-refractivity contribution is 6.67. The summed E-state index contributed by atoms with van der Waals surface area (Å²) >= 11 is 5.46. The van der Waals surface area contributed by atoms with Crippen LogP contribution in [0.5, 0.6) is 0 Å². The lowest BCUT2D eigenvalue weighted by molar-refractivity contribution is 0.0597. The van der Waals surface area contributed by atoms with Gasteiger partial charge in [-0.25, -0.2) is 9.48 Å². The van der Waals surface area contributed by atoms with E-state index in [-0.39, 0.29) is 11.3 Å². The van der Waals surface area contributed by atoms with Gasteiger partial charge in [-0.1, -0.05) is 18.2 Å². The Hall–Kier alpha value is -2.14. The van der Waals surface area contributed by atoms with Crippen molar-refractivity contribution in [3.63, 3.8) is 0 Å². The molecule has 1 aromatic heterocycles. The molecule has 0 bridgehead atoms. The molecule has 0 aliphatic rings. The zero-order valence-electron chi connectivity index (χ0n) is 10.4. The lowest BCUT2D eigenvalue weighted by atomic mass is 10.2. The van der Waals surface area contributed by atoms with Crippen molar-refractivity contribution < 1.29 is 14.3 Å². The van der Waals surface area contributed by atoms with E-state index in [0.29, 0.717) is 5.69 Å². The fourth-order valence-corrected chi connectivity index (χ4v) is 1.94. The van der Waals surface area contributed by atoms with E-state index in [1.165, 1.54) is 11.8 Å². The lowest BCUT2D eigenvalue weighted by Crippen LogP contribution is -2.07. The van der Waals surface area contributed by atoms with E-state index in [1.54, 1.807) is 6.92 Å². The van der Waals surface area contributed by atoms with Gasteiger partial charge in [0.15, 0.2) is 5.69 Å². The van der Waals surface area contributed by atoms with Crippen LogP contribution in [-0.2, 0) is 4.74 Å². The molecule has 0 saturated heterocycles. The second-order valence-corrected chi connectivity index (χ2v) is 4.16. The number of hydrogen-bond acceptors (Lipinski definition) is 4. The quantitative estimate of drug-likeness (QED) is 0.639. The van der Waals surface area contributed by atoms with Gasteiger partial charge >= 0.3 is 5.97 Å². The predicted molar refractivity (Wildman–Crippen MR) is 69.8 cm³/mol. The third kappa shape index (κ3) is 2.37. The van der Waals surface area contributed by atoms with Crippen LogP contribution in [-0.4, -0.2) is 28.1 Å². The Balaban J connectivity index is 2.66. The van der Waals surface area contributed by atoms with Crippen LogP contribution in [0.2, 0.25) is 0 Å². The molecule has 0 spiro atoms. The van der Waals surface area contributed by atoms with Crippen LogP contribution in [0.15, 0.2) is 30.3 Å². The predicted octanol–water partition coefficient (Wildman–Crippen LogP) is 2.35. The van der Waals surface area contributed by atoms with Crippen LogP contribution in [0.4, 0.5) is 0 Å². The zero-order chi connectivity index (χ0) is 14.0. The molecular formula is C13H11ClN2O3. The Bertz CT molecular complexity index is 635. The first-order valence-electron chi connectivity index (χ1n) is 5.49. The van der Waals surface area contributed by atoms with E-state index in [4.69, 9.17) is 11.6 Å². The largest absolute Gasteiger partial charge is 0.465 e. The van der Waals surface area contributed by atoms with Gasteiger partial charge in [0.05, 0.1) is 18.5 Å². The molecule has 6 heteroatoms. The van der Waals surface area contributed by atoms with E-state index >= 15 is 0 Å². The smallest absolute Gasteiger partial charge is 0.342 e. The molecule has 1 aromatic carbocycles. The minimum atomic E-state index is -0.793. The molecule has 0 saturated carbocycles. The maximum Gasteiger partial charge on any atom is 0.342 e. The molecule has 1 heterocycles. The van der Waals surface area contributed by atoms with Gasteiger partial charge in [-0.05, 0) is 30.7 Å². The maximum atomic E-state index is 11.7. The highest BCUT2D eigenvalue weighted by Gasteiger charge is 2.26. The van der Waals surface area contributed by atoms with Crippen LogP contribution in [0.25, 0.3) is 5.69 Å². The third-order valence-electron chi connectivity index (χ3n) is 2.69. The zero-order valence-corrected chi connectivity index (χ0v) is 11.1. The second-order valence-electron chi connectivity index (χ2n) is 3.82. The standard InChI is InChI=1S/C13H11ClN2O3/c1-8-10(13(18)19-2)11(12(14)17)15-16(8)9-6-4-3-5-7-9/h3-7H,1-2H3. The molecule has 0 aliphatic heterocycles. The van der Waals surface area contributed by atoms with Crippen molar-refractivity contribution in [2.24, 2.45) is 0 Å². The number of nitrogens with zero attached hydrogens (tertiary/aromatic N) is 2. The topological polar surface area (TPSA) is 61.2 Å². The van der Waals surface area contributed by atoms with Crippen LogP contribution in [0.3, 0.4) is 0 Å². The van der Waals surface area contributed by atoms with Crippen molar-refractivity contribution in [2.45, 2.75) is 6.92 Å². The van der Waals surface area contributed by atoms with Crippen molar-refractivity contribution in [2.75, 3.05) is 7.11 Å². The molecule has 98 valence electrons. The maximum absolute atomic E-state index is 11.7. The number of hydrogen-bond donors (Lipinski definition) is 0. The summed E-state index contributed by atoms with van der Waals surface area (Å²) in [6.45, 7) is 1.68. The number of halogens is 1. The van der Waals surface area contributed by atoms with Crippen LogP contribution in [0.1, 0.15) is 26.5 Å². The van der Waals surface area contributed by atoms with Crippen LogP contribution < -0.4 is 0 Å². The Morgan fingerprint density at radius 1 is 1.26 bits per heavy atom. The molecule has 0 unspecified atom stereocenters. The van der Waals surface area contributed by atoms with Crippen molar-refractivity contribution in [1.29, 1.82) is 0 Å². The molecular weight excluding hydrogens is 268 g/mol.